The zero-order valence-electron chi connectivity index (χ0n) is 6.46. The van der Waals surface area contributed by atoms with E-state index in [4.69, 9.17) is 0 Å². The lowest BCUT2D eigenvalue weighted by Crippen LogP contribution is -2.27. The van der Waals surface area contributed by atoms with E-state index in [1.165, 1.54) is 0 Å². The maximum atomic E-state index is 11.6. The van der Waals surface area contributed by atoms with Gasteiger partial charge in [0.2, 0.25) is 0 Å². The van der Waals surface area contributed by atoms with Gasteiger partial charge in [0.15, 0.2) is 0 Å². The van der Waals surface area contributed by atoms with Crippen molar-refractivity contribution in [1.82, 2.24) is 10.2 Å². The van der Waals surface area contributed by atoms with E-state index in [0.717, 1.165) is 12.4 Å². The summed E-state index contributed by atoms with van der Waals surface area (Å²) in [6.07, 6.45) is -3.24. The number of alkyl halides is 3. The molecule has 0 unspecified atom stereocenters. The largest absolute Gasteiger partial charge is 0.491 e. The fourth-order valence-corrected chi connectivity index (χ4v) is 0.564. The Bertz CT molecular complexity index is 344. The van der Waals surface area contributed by atoms with Crippen LogP contribution in [0.5, 0.6) is 0 Å². The number of aromatic nitrogens is 2. The lowest BCUT2D eigenvalue weighted by Gasteiger charge is -2.03. The molecule has 0 fully saturated rings. The lowest BCUT2D eigenvalue weighted by atomic mass is 10.4. The number of hydrogen-bond donors (Lipinski definition) is 1. The van der Waals surface area contributed by atoms with Gasteiger partial charge in [-0.25, -0.2) is 9.59 Å². The molecule has 0 amide bonds. The van der Waals surface area contributed by atoms with Crippen LogP contribution in [0, 0.1) is 0 Å². The van der Waals surface area contributed by atoms with Gasteiger partial charge >= 0.3 is 18.1 Å². The summed E-state index contributed by atoms with van der Waals surface area (Å²) in [5.74, 6) is -3.95. The molecule has 8 heteroatoms. The van der Waals surface area contributed by atoms with Crippen LogP contribution >= 0.6 is 0 Å². The molecule has 1 aromatic rings. The quantitative estimate of drug-likeness (QED) is 0.543. The number of esters is 2. The van der Waals surface area contributed by atoms with E-state index in [0.29, 0.717) is 0 Å². The van der Waals surface area contributed by atoms with Crippen molar-refractivity contribution in [2.45, 2.75) is 6.18 Å². The molecule has 0 saturated heterocycles. The first kappa shape index (κ1) is 10.2. The molecule has 0 aromatic carbocycles. The van der Waals surface area contributed by atoms with Gasteiger partial charge < -0.3 is 4.74 Å². The fourth-order valence-electron chi connectivity index (χ4n) is 0.564. The highest BCUT2D eigenvalue weighted by Crippen LogP contribution is 2.17. The summed E-state index contributed by atoms with van der Waals surface area (Å²) in [6, 6.07) is 0. The summed E-state index contributed by atoms with van der Waals surface area (Å²) in [4.78, 5) is 20.9. The summed E-state index contributed by atoms with van der Waals surface area (Å²) in [5, 5.41) is 5.47. The van der Waals surface area contributed by atoms with Crippen molar-refractivity contribution in [2.24, 2.45) is 0 Å². The predicted octanol–water partition coefficient (Wildman–Crippen LogP) is 0.655. The Hall–Kier alpha value is -1.86. The third kappa shape index (κ3) is 2.31. The standard InChI is InChI=1S/C6H3F3N2O3/c7-6(8,9)5(13)14-4(12)3-1-10-11-2-3/h1-2H,(H,10,11). The molecular weight excluding hydrogens is 205 g/mol. The van der Waals surface area contributed by atoms with Gasteiger partial charge in [-0.05, 0) is 0 Å². The molecule has 1 N–H and O–H groups in total. The average molecular weight is 208 g/mol. The summed E-state index contributed by atoms with van der Waals surface area (Å²) in [6.45, 7) is 0. The maximum absolute atomic E-state index is 11.6. The molecule has 0 aliphatic rings. The molecule has 0 spiro atoms. The van der Waals surface area contributed by atoms with Gasteiger partial charge in [-0.2, -0.15) is 18.3 Å². The molecule has 0 atom stereocenters. The Morgan fingerprint density at radius 1 is 1.43 bits per heavy atom. The molecule has 0 aliphatic carbocycles. The monoisotopic (exact) mass is 208 g/mol. The molecule has 14 heavy (non-hydrogen) atoms. The second-order valence-corrected chi connectivity index (χ2v) is 2.16. The van der Waals surface area contributed by atoms with E-state index in [1.807, 2.05) is 0 Å². The van der Waals surface area contributed by atoms with Crippen molar-refractivity contribution < 1.29 is 27.5 Å². The van der Waals surface area contributed by atoms with Crippen molar-refractivity contribution in [2.75, 3.05) is 0 Å². The van der Waals surface area contributed by atoms with Crippen molar-refractivity contribution in [3.63, 3.8) is 0 Å². The zero-order chi connectivity index (χ0) is 10.8. The number of nitrogens with zero attached hydrogens (tertiary/aromatic N) is 1. The van der Waals surface area contributed by atoms with Gasteiger partial charge in [0, 0.05) is 6.20 Å². The molecule has 76 valence electrons. The molecule has 1 aromatic heterocycles. The van der Waals surface area contributed by atoms with Crippen LogP contribution in [-0.4, -0.2) is 28.3 Å². The molecule has 5 nitrogen and oxygen atoms in total. The van der Waals surface area contributed by atoms with Gasteiger partial charge in [-0.15, -0.1) is 0 Å². The Morgan fingerprint density at radius 2 is 2.07 bits per heavy atom. The molecule has 0 saturated carbocycles. The second kappa shape index (κ2) is 3.48. The Balaban J connectivity index is 2.63. The predicted molar refractivity (Wildman–Crippen MR) is 35.1 cm³/mol. The summed E-state index contributed by atoms with van der Waals surface area (Å²) >= 11 is 0. The van der Waals surface area contributed by atoms with E-state index >= 15 is 0 Å². The number of carbonyl (C=O) groups is 2. The number of halogens is 3. The topological polar surface area (TPSA) is 72.1 Å². The number of nitrogens with one attached hydrogen (secondary N) is 1. The molecule has 0 aliphatic heterocycles. The number of aromatic amines is 1. The van der Waals surface area contributed by atoms with Gasteiger partial charge in [-0.3, -0.25) is 5.10 Å². The van der Waals surface area contributed by atoms with Crippen LogP contribution in [0.15, 0.2) is 12.4 Å². The van der Waals surface area contributed by atoms with E-state index in [-0.39, 0.29) is 5.56 Å². The Morgan fingerprint density at radius 3 is 2.50 bits per heavy atom. The highest BCUT2D eigenvalue weighted by Gasteiger charge is 2.42. The molecule has 1 heterocycles. The number of H-pyrrole nitrogens is 1. The first-order valence-electron chi connectivity index (χ1n) is 3.23. The normalized spacial score (nSPS) is 11.1. The maximum Gasteiger partial charge on any atom is 0.491 e. The SMILES string of the molecule is O=C(OC(=O)C(F)(F)F)c1cn[nH]c1. The minimum absolute atomic E-state index is 0.261. The van der Waals surface area contributed by atoms with E-state index in [9.17, 15) is 22.8 Å². The second-order valence-electron chi connectivity index (χ2n) is 2.16. The van der Waals surface area contributed by atoms with Gasteiger partial charge in [0.25, 0.3) is 0 Å². The third-order valence-electron chi connectivity index (χ3n) is 1.15. The first-order chi connectivity index (χ1) is 6.41. The minimum atomic E-state index is -5.18. The molecule has 0 bridgehead atoms. The summed E-state index contributed by atoms with van der Waals surface area (Å²) in [5.41, 5.74) is -0.261. The number of ether oxygens (including phenoxy) is 1. The van der Waals surface area contributed by atoms with Gasteiger partial charge in [0.1, 0.15) is 0 Å². The van der Waals surface area contributed by atoms with Crippen LogP contribution in [0.25, 0.3) is 0 Å². The fraction of sp³-hybridized carbons (Fsp3) is 0.167. The van der Waals surface area contributed by atoms with Crippen LogP contribution in [0.4, 0.5) is 13.2 Å². The number of rotatable bonds is 1. The van der Waals surface area contributed by atoms with Gasteiger partial charge in [-0.1, -0.05) is 0 Å². The molecule has 1 rings (SSSR count). The third-order valence-corrected chi connectivity index (χ3v) is 1.15. The van der Waals surface area contributed by atoms with Crippen molar-refractivity contribution in [3.8, 4) is 0 Å². The van der Waals surface area contributed by atoms with Crippen LogP contribution in [0.2, 0.25) is 0 Å². The van der Waals surface area contributed by atoms with Crippen molar-refractivity contribution in [3.05, 3.63) is 18.0 Å². The van der Waals surface area contributed by atoms with E-state index in [2.05, 4.69) is 14.9 Å². The number of hydrogen-bond acceptors (Lipinski definition) is 4. The highest BCUT2D eigenvalue weighted by atomic mass is 19.4. The van der Waals surface area contributed by atoms with Crippen LogP contribution in [0.1, 0.15) is 10.4 Å². The smallest absolute Gasteiger partial charge is 0.383 e. The minimum Gasteiger partial charge on any atom is -0.383 e. The van der Waals surface area contributed by atoms with E-state index < -0.39 is 18.1 Å². The highest BCUT2D eigenvalue weighted by molar-refractivity contribution is 5.97. The first-order valence-corrected chi connectivity index (χ1v) is 3.23. The van der Waals surface area contributed by atoms with Gasteiger partial charge in [0.05, 0.1) is 11.8 Å². The van der Waals surface area contributed by atoms with Crippen LogP contribution in [0.3, 0.4) is 0 Å². The Kier molecular flexibility index (Phi) is 2.54. The van der Waals surface area contributed by atoms with Crippen molar-refractivity contribution in [1.29, 1.82) is 0 Å². The van der Waals surface area contributed by atoms with E-state index in [1.54, 1.807) is 0 Å². The molecular formula is C6H3F3N2O3. The zero-order valence-corrected chi connectivity index (χ0v) is 6.46. The average Bonchev–Trinajstić information content (AvgIpc) is 2.53. The van der Waals surface area contributed by atoms with Crippen molar-refractivity contribution >= 4 is 11.9 Å². The summed E-state index contributed by atoms with van der Waals surface area (Å²) < 4.78 is 38.3. The lowest BCUT2D eigenvalue weighted by molar-refractivity contribution is -0.193. The van der Waals surface area contributed by atoms with Crippen LogP contribution in [-0.2, 0) is 9.53 Å². The molecule has 0 radical (unpaired) electrons. The van der Waals surface area contributed by atoms with Crippen LogP contribution < -0.4 is 0 Å². The number of carbonyl (C=O) groups excluding carboxylic acids is 2. The summed E-state index contributed by atoms with van der Waals surface area (Å²) in [7, 11) is 0. The Labute approximate surface area is 74.9 Å².